The van der Waals surface area contributed by atoms with E-state index in [1.807, 2.05) is 6.07 Å². The first-order valence-corrected chi connectivity index (χ1v) is 6.07. The number of aliphatic hydroxyl groups is 1. The zero-order valence-corrected chi connectivity index (χ0v) is 9.43. The maximum atomic E-state index is 10.2. The third-order valence-corrected chi connectivity index (χ3v) is 4.41. The van der Waals surface area contributed by atoms with Gasteiger partial charge in [-0.1, -0.05) is 24.1 Å². The number of hydrogen-bond acceptors (Lipinski definition) is 1. The van der Waals surface area contributed by atoms with Gasteiger partial charge in [0.05, 0.1) is 6.10 Å². The Labute approximate surface area is 95.1 Å². The summed E-state index contributed by atoms with van der Waals surface area (Å²) >= 11 is 6.05. The Hall–Kier alpha value is -0.530. The standard InChI is InChI=1S/C13H15ClO/c14-10-4-2-9-3-5-12(15)13(6-1-7-13)11(9)8-10/h2,4,8,12,15H,1,3,5-7H2. The molecule has 0 radical (unpaired) electrons. The van der Waals surface area contributed by atoms with E-state index >= 15 is 0 Å². The molecule has 1 atom stereocenters. The molecule has 1 aromatic rings. The number of fused-ring (bicyclic) bond motifs is 2. The Kier molecular flexibility index (Phi) is 2.08. The number of aryl methyl sites for hydroxylation is 1. The quantitative estimate of drug-likeness (QED) is 0.716. The highest BCUT2D eigenvalue weighted by Crippen LogP contribution is 2.51. The zero-order valence-electron chi connectivity index (χ0n) is 8.67. The fourth-order valence-electron chi connectivity index (χ4n) is 3.14. The van der Waals surface area contributed by atoms with Crippen LogP contribution in [0.25, 0.3) is 0 Å². The molecule has 80 valence electrons. The van der Waals surface area contributed by atoms with Crippen LogP contribution >= 0.6 is 11.6 Å². The molecular weight excluding hydrogens is 208 g/mol. The zero-order chi connectivity index (χ0) is 10.5. The highest BCUT2D eigenvalue weighted by Gasteiger charge is 2.47. The van der Waals surface area contributed by atoms with Crippen molar-refractivity contribution in [3.63, 3.8) is 0 Å². The highest BCUT2D eigenvalue weighted by atomic mass is 35.5. The van der Waals surface area contributed by atoms with E-state index in [1.165, 1.54) is 17.5 Å². The van der Waals surface area contributed by atoms with Crippen LogP contribution < -0.4 is 0 Å². The van der Waals surface area contributed by atoms with Gasteiger partial charge in [0.25, 0.3) is 0 Å². The molecule has 0 aromatic heterocycles. The number of halogens is 1. The predicted octanol–water partition coefficient (Wildman–Crippen LogP) is 3.07. The van der Waals surface area contributed by atoms with E-state index in [-0.39, 0.29) is 11.5 Å². The molecular formula is C13H15ClO. The third kappa shape index (κ3) is 1.26. The molecule has 1 spiro atoms. The molecule has 0 bridgehead atoms. The molecule has 2 aliphatic carbocycles. The van der Waals surface area contributed by atoms with Gasteiger partial charge in [0.2, 0.25) is 0 Å². The Morgan fingerprint density at radius 2 is 2.13 bits per heavy atom. The van der Waals surface area contributed by atoms with E-state index in [4.69, 9.17) is 11.6 Å². The topological polar surface area (TPSA) is 20.2 Å². The number of benzene rings is 1. The van der Waals surface area contributed by atoms with Gasteiger partial charge >= 0.3 is 0 Å². The lowest BCUT2D eigenvalue weighted by Gasteiger charge is -2.49. The minimum atomic E-state index is -0.155. The van der Waals surface area contributed by atoms with Gasteiger partial charge in [-0.2, -0.15) is 0 Å². The molecule has 0 saturated heterocycles. The van der Waals surface area contributed by atoms with Crippen LogP contribution in [0.1, 0.15) is 36.8 Å². The summed E-state index contributed by atoms with van der Waals surface area (Å²) in [5.41, 5.74) is 2.77. The van der Waals surface area contributed by atoms with Crippen molar-refractivity contribution in [1.29, 1.82) is 0 Å². The molecule has 1 N–H and O–H groups in total. The van der Waals surface area contributed by atoms with Gasteiger partial charge in [-0.05, 0) is 48.9 Å². The Bertz CT molecular complexity index is 396. The average Bonchev–Trinajstić information content (AvgIpc) is 2.14. The summed E-state index contributed by atoms with van der Waals surface area (Å²) in [6.45, 7) is 0. The number of rotatable bonds is 0. The van der Waals surface area contributed by atoms with E-state index in [1.54, 1.807) is 0 Å². The van der Waals surface area contributed by atoms with Crippen LogP contribution in [0.4, 0.5) is 0 Å². The van der Waals surface area contributed by atoms with Crippen LogP contribution in [0.2, 0.25) is 5.02 Å². The van der Waals surface area contributed by atoms with Crippen LogP contribution in [-0.2, 0) is 11.8 Å². The highest BCUT2D eigenvalue weighted by molar-refractivity contribution is 6.30. The van der Waals surface area contributed by atoms with Crippen LogP contribution in [0.3, 0.4) is 0 Å². The van der Waals surface area contributed by atoms with Gasteiger partial charge < -0.3 is 5.11 Å². The van der Waals surface area contributed by atoms with Gasteiger partial charge in [-0.3, -0.25) is 0 Å². The lowest BCUT2D eigenvalue weighted by atomic mass is 9.57. The van der Waals surface area contributed by atoms with Crippen molar-refractivity contribution >= 4 is 11.6 Å². The smallest absolute Gasteiger partial charge is 0.0640 e. The molecule has 1 fully saturated rings. The van der Waals surface area contributed by atoms with Crippen molar-refractivity contribution < 1.29 is 5.11 Å². The second-order valence-electron chi connectivity index (χ2n) is 4.87. The second kappa shape index (κ2) is 3.23. The largest absolute Gasteiger partial charge is 0.392 e. The molecule has 15 heavy (non-hydrogen) atoms. The molecule has 1 unspecified atom stereocenters. The SMILES string of the molecule is OC1CCc2ccc(Cl)cc2C12CCC2. The summed E-state index contributed by atoms with van der Waals surface area (Å²) in [4.78, 5) is 0. The average molecular weight is 223 g/mol. The van der Waals surface area contributed by atoms with E-state index in [2.05, 4.69) is 12.1 Å². The monoisotopic (exact) mass is 222 g/mol. The van der Waals surface area contributed by atoms with Crippen molar-refractivity contribution in [3.8, 4) is 0 Å². The molecule has 1 aromatic carbocycles. The van der Waals surface area contributed by atoms with Gasteiger partial charge in [0, 0.05) is 10.4 Å². The van der Waals surface area contributed by atoms with E-state index in [0.29, 0.717) is 0 Å². The Balaban J connectivity index is 2.14. The van der Waals surface area contributed by atoms with Crippen LogP contribution in [-0.4, -0.2) is 11.2 Å². The van der Waals surface area contributed by atoms with Gasteiger partial charge in [-0.15, -0.1) is 0 Å². The van der Waals surface area contributed by atoms with Crippen molar-refractivity contribution in [2.75, 3.05) is 0 Å². The van der Waals surface area contributed by atoms with Crippen LogP contribution in [0, 0.1) is 0 Å². The summed E-state index contributed by atoms with van der Waals surface area (Å²) in [5, 5.41) is 11.0. The predicted molar refractivity (Wildman–Crippen MR) is 61.3 cm³/mol. The van der Waals surface area contributed by atoms with Crippen molar-refractivity contribution in [1.82, 2.24) is 0 Å². The number of hydrogen-bond donors (Lipinski definition) is 1. The second-order valence-corrected chi connectivity index (χ2v) is 5.30. The third-order valence-electron chi connectivity index (χ3n) is 4.18. The first-order valence-electron chi connectivity index (χ1n) is 5.69. The number of aliphatic hydroxyl groups excluding tert-OH is 1. The van der Waals surface area contributed by atoms with E-state index in [9.17, 15) is 5.11 Å². The summed E-state index contributed by atoms with van der Waals surface area (Å²) in [5.74, 6) is 0. The fraction of sp³-hybridized carbons (Fsp3) is 0.538. The van der Waals surface area contributed by atoms with Crippen molar-refractivity contribution in [2.24, 2.45) is 0 Å². The molecule has 0 amide bonds. The van der Waals surface area contributed by atoms with Gasteiger partial charge in [-0.25, -0.2) is 0 Å². The minimum absolute atomic E-state index is 0.0541. The fourth-order valence-corrected chi connectivity index (χ4v) is 3.31. The van der Waals surface area contributed by atoms with Crippen molar-refractivity contribution in [2.45, 2.75) is 43.6 Å². The van der Waals surface area contributed by atoms with E-state index < -0.39 is 0 Å². The van der Waals surface area contributed by atoms with Gasteiger partial charge in [0.1, 0.15) is 0 Å². The Morgan fingerprint density at radius 1 is 1.33 bits per heavy atom. The lowest BCUT2D eigenvalue weighted by molar-refractivity contribution is 0.0144. The summed E-state index contributed by atoms with van der Waals surface area (Å²) in [6, 6.07) is 6.16. The lowest BCUT2D eigenvalue weighted by Crippen LogP contribution is -2.48. The maximum absolute atomic E-state index is 10.2. The Morgan fingerprint density at radius 3 is 2.80 bits per heavy atom. The molecule has 0 aliphatic heterocycles. The van der Waals surface area contributed by atoms with E-state index in [0.717, 1.165) is 30.7 Å². The normalized spacial score (nSPS) is 27.2. The van der Waals surface area contributed by atoms with Gasteiger partial charge in [0.15, 0.2) is 0 Å². The summed E-state index contributed by atoms with van der Waals surface area (Å²) < 4.78 is 0. The van der Waals surface area contributed by atoms with Crippen LogP contribution in [0.15, 0.2) is 18.2 Å². The molecule has 2 heteroatoms. The molecule has 1 saturated carbocycles. The summed E-state index contributed by atoms with van der Waals surface area (Å²) in [6.07, 6.45) is 5.24. The first kappa shape index (κ1) is 9.68. The molecule has 1 nitrogen and oxygen atoms in total. The van der Waals surface area contributed by atoms with Crippen LogP contribution in [0.5, 0.6) is 0 Å². The first-order chi connectivity index (χ1) is 7.22. The molecule has 2 aliphatic rings. The molecule has 0 heterocycles. The summed E-state index contributed by atoms with van der Waals surface area (Å²) in [7, 11) is 0. The maximum Gasteiger partial charge on any atom is 0.0640 e. The minimum Gasteiger partial charge on any atom is -0.392 e. The van der Waals surface area contributed by atoms with Crippen molar-refractivity contribution in [3.05, 3.63) is 34.3 Å². The molecule has 3 rings (SSSR count).